The number of ether oxygens (including phenoxy) is 1. The van der Waals surface area contributed by atoms with Gasteiger partial charge in [-0.3, -0.25) is 24.0 Å². The quantitative estimate of drug-likeness (QED) is 0.160. The number of benzene rings is 1. The third kappa shape index (κ3) is 10.2. The van der Waals surface area contributed by atoms with Crippen LogP contribution < -0.4 is 27.0 Å². The van der Waals surface area contributed by atoms with Crippen molar-refractivity contribution in [3.8, 4) is 0 Å². The molecular formula is C31H43N5O7. The molecule has 2 aliphatic rings. The van der Waals surface area contributed by atoms with Crippen LogP contribution in [0.3, 0.4) is 0 Å². The van der Waals surface area contributed by atoms with Crippen LogP contribution in [0.4, 0.5) is 4.79 Å². The van der Waals surface area contributed by atoms with Gasteiger partial charge in [-0.05, 0) is 50.2 Å². The van der Waals surface area contributed by atoms with E-state index in [0.717, 1.165) is 37.7 Å². The zero-order chi connectivity index (χ0) is 31.4. The van der Waals surface area contributed by atoms with Gasteiger partial charge in [0, 0.05) is 12.5 Å². The monoisotopic (exact) mass is 597 g/mol. The lowest BCUT2D eigenvalue weighted by molar-refractivity contribution is -0.139. The number of allylic oxidation sites excluding steroid dienone is 1. The van der Waals surface area contributed by atoms with Crippen LogP contribution >= 0.6 is 0 Å². The number of amides is 5. The SMILES string of the molecule is C/C=C(/C)[C@H](NC(=O)OCc1ccccc1)C(=O)N[C@@H](CC1CCCCC1)C(=O)N[C@@H](C[C@@H]1CCNC1=O)C(=O)C(N)=O. The van der Waals surface area contributed by atoms with Gasteiger partial charge in [-0.2, -0.15) is 0 Å². The molecule has 2 fully saturated rings. The number of carbonyl (C=O) groups is 6. The third-order valence-corrected chi connectivity index (χ3v) is 8.13. The van der Waals surface area contributed by atoms with Crippen LogP contribution in [-0.4, -0.2) is 60.2 Å². The second kappa shape index (κ2) is 16.4. The maximum Gasteiger partial charge on any atom is 0.408 e. The van der Waals surface area contributed by atoms with Crippen molar-refractivity contribution in [3.05, 3.63) is 47.5 Å². The van der Waals surface area contributed by atoms with Crippen molar-refractivity contribution < 1.29 is 33.5 Å². The minimum Gasteiger partial charge on any atom is -0.445 e. The lowest BCUT2D eigenvalue weighted by atomic mass is 9.84. The third-order valence-electron chi connectivity index (χ3n) is 8.13. The second-order valence-corrected chi connectivity index (χ2v) is 11.3. The van der Waals surface area contributed by atoms with Crippen LogP contribution in [0, 0.1) is 11.8 Å². The highest BCUT2D eigenvalue weighted by Gasteiger charge is 2.36. The van der Waals surface area contributed by atoms with Crippen molar-refractivity contribution in [2.24, 2.45) is 17.6 Å². The van der Waals surface area contributed by atoms with E-state index in [1.165, 1.54) is 0 Å². The molecule has 3 rings (SSSR count). The van der Waals surface area contributed by atoms with Gasteiger partial charge in [-0.15, -0.1) is 0 Å². The summed E-state index contributed by atoms with van der Waals surface area (Å²) in [5, 5.41) is 10.6. The Morgan fingerprint density at radius 2 is 1.63 bits per heavy atom. The van der Waals surface area contributed by atoms with E-state index in [9.17, 15) is 28.8 Å². The Balaban J connectivity index is 1.75. The van der Waals surface area contributed by atoms with E-state index in [1.807, 2.05) is 18.2 Å². The summed E-state index contributed by atoms with van der Waals surface area (Å²) in [7, 11) is 0. The van der Waals surface area contributed by atoms with Crippen molar-refractivity contribution in [1.29, 1.82) is 0 Å². The summed E-state index contributed by atoms with van der Waals surface area (Å²) in [6.07, 6.45) is 6.40. The topological polar surface area (TPSA) is 186 Å². The van der Waals surface area contributed by atoms with Crippen molar-refractivity contribution >= 4 is 35.5 Å². The Morgan fingerprint density at radius 1 is 0.953 bits per heavy atom. The molecule has 1 aliphatic heterocycles. The summed E-state index contributed by atoms with van der Waals surface area (Å²) in [5.74, 6) is -4.21. The standard InChI is InChI=1S/C31H43N5O7/c1-3-19(2)25(36-31(42)43-18-21-12-8-5-9-13-21)30(41)35-24(16-20-10-6-4-7-11-20)29(40)34-23(26(37)27(32)38)17-22-14-15-33-28(22)39/h3,5,8-9,12-13,20,22-25H,4,6-7,10-11,14-18H2,1-2H3,(H2,32,38)(H,33,39)(H,34,40)(H,35,41)(H,36,42)/b19-3-/t22-,23-,24-,25-/m0/s1. The Labute approximate surface area is 251 Å². The molecule has 0 radical (unpaired) electrons. The van der Waals surface area contributed by atoms with Gasteiger partial charge in [-0.1, -0.05) is 68.5 Å². The highest BCUT2D eigenvalue weighted by molar-refractivity contribution is 6.37. The van der Waals surface area contributed by atoms with E-state index >= 15 is 0 Å². The smallest absolute Gasteiger partial charge is 0.408 e. The van der Waals surface area contributed by atoms with Gasteiger partial charge in [0.15, 0.2) is 0 Å². The molecule has 43 heavy (non-hydrogen) atoms. The van der Waals surface area contributed by atoms with Crippen molar-refractivity contribution in [2.75, 3.05) is 6.54 Å². The van der Waals surface area contributed by atoms with Crippen molar-refractivity contribution in [3.63, 3.8) is 0 Å². The van der Waals surface area contributed by atoms with E-state index in [2.05, 4.69) is 21.3 Å². The maximum absolute atomic E-state index is 13.6. The summed E-state index contributed by atoms with van der Waals surface area (Å²) in [5.41, 5.74) is 6.56. The molecule has 0 bridgehead atoms. The van der Waals surface area contributed by atoms with E-state index in [4.69, 9.17) is 10.5 Å². The highest BCUT2D eigenvalue weighted by Crippen LogP contribution is 2.28. The summed E-state index contributed by atoms with van der Waals surface area (Å²) < 4.78 is 5.30. The summed E-state index contributed by atoms with van der Waals surface area (Å²) in [4.78, 5) is 76.4. The molecule has 234 valence electrons. The molecule has 1 saturated carbocycles. The molecule has 0 spiro atoms. The van der Waals surface area contributed by atoms with E-state index in [-0.39, 0.29) is 24.9 Å². The molecule has 1 saturated heterocycles. The maximum atomic E-state index is 13.6. The highest BCUT2D eigenvalue weighted by atomic mass is 16.5. The van der Waals surface area contributed by atoms with Gasteiger partial charge in [0.05, 0.1) is 6.04 Å². The largest absolute Gasteiger partial charge is 0.445 e. The molecular weight excluding hydrogens is 554 g/mol. The Hall–Kier alpha value is -4.22. The number of nitrogens with one attached hydrogen (secondary N) is 4. The number of hydrogen-bond acceptors (Lipinski definition) is 7. The van der Waals surface area contributed by atoms with Crippen LogP contribution in [0.2, 0.25) is 0 Å². The van der Waals surface area contributed by atoms with Gasteiger partial charge < -0.3 is 31.7 Å². The minimum atomic E-state index is -1.32. The number of alkyl carbamates (subject to hydrolysis) is 1. The predicted octanol–water partition coefficient (Wildman–Crippen LogP) is 1.77. The first kappa shape index (κ1) is 33.3. The molecule has 12 nitrogen and oxygen atoms in total. The molecule has 6 N–H and O–H groups in total. The van der Waals surface area contributed by atoms with Crippen LogP contribution in [-0.2, 0) is 35.3 Å². The normalized spacial score (nSPS) is 19.3. The van der Waals surface area contributed by atoms with Crippen LogP contribution in [0.5, 0.6) is 0 Å². The fraction of sp³-hybridized carbons (Fsp3) is 0.548. The second-order valence-electron chi connectivity index (χ2n) is 11.3. The van der Waals surface area contributed by atoms with Crippen LogP contribution in [0.1, 0.15) is 70.8 Å². The van der Waals surface area contributed by atoms with Crippen molar-refractivity contribution in [2.45, 2.75) is 89.9 Å². The molecule has 1 heterocycles. The Kier molecular flexibility index (Phi) is 12.7. The van der Waals surface area contributed by atoms with Crippen LogP contribution in [0.15, 0.2) is 42.0 Å². The lowest BCUT2D eigenvalue weighted by Gasteiger charge is -2.29. The van der Waals surface area contributed by atoms with E-state index in [1.54, 1.807) is 32.1 Å². The molecule has 12 heteroatoms. The number of ketones is 1. The van der Waals surface area contributed by atoms with Gasteiger partial charge >= 0.3 is 6.09 Å². The molecule has 5 amide bonds. The van der Waals surface area contributed by atoms with E-state index < -0.39 is 53.6 Å². The number of rotatable bonds is 14. The fourth-order valence-corrected chi connectivity index (χ4v) is 5.51. The first-order chi connectivity index (χ1) is 20.6. The first-order valence-corrected chi connectivity index (χ1v) is 14.9. The molecule has 1 aromatic rings. The van der Waals surface area contributed by atoms with Crippen molar-refractivity contribution in [1.82, 2.24) is 21.3 Å². The number of Topliss-reactive ketones (excluding diaryl/α,β-unsaturated/α-hetero) is 1. The Morgan fingerprint density at radius 3 is 2.23 bits per heavy atom. The van der Waals surface area contributed by atoms with Gasteiger partial charge in [-0.25, -0.2) is 4.79 Å². The average Bonchev–Trinajstić information content (AvgIpc) is 3.41. The summed E-state index contributed by atoms with van der Waals surface area (Å²) in [6.45, 7) is 3.84. The van der Waals surface area contributed by atoms with Gasteiger partial charge in [0.25, 0.3) is 5.91 Å². The Bertz CT molecular complexity index is 1200. The zero-order valence-electron chi connectivity index (χ0n) is 24.9. The first-order valence-electron chi connectivity index (χ1n) is 14.9. The van der Waals surface area contributed by atoms with E-state index in [0.29, 0.717) is 25.0 Å². The average molecular weight is 598 g/mol. The summed E-state index contributed by atoms with van der Waals surface area (Å²) >= 11 is 0. The lowest BCUT2D eigenvalue weighted by Crippen LogP contribution is -2.57. The number of hydrogen-bond donors (Lipinski definition) is 5. The minimum absolute atomic E-state index is 0.0108. The molecule has 1 aromatic carbocycles. The number of nitrogens with two attached hydrogens (primary N) is 1. The van der Waals surface area contributed by atoms with Gasteiger partial charge in [0.1, 0.15) is 18.7 Å². The fourth-order valence-electron chi connectivity index (χ4n) is 5.51. The van der Waals surface area contributed by atoms with Gasteiger partial charge in [0.2, 0.25) is 23.5 Å². The van der Waals surface area contributed by atoms with Crippen LogP contribution in [0.25, 0.3) is 0 Å². The zero-order valence-corrected chi connectivity index (χ0v) is 24.9. The predicted molar refractivity (Wildman–Crippen MR) is 158 cm³/mol. The molecule has 0 aromatic heterocycles. The number of carbonyl (C=O) groups excluding carboxylic acids is 6. The summed E-state index contributed by atoms with van der Waals surface area (Å²) in [6, 6.07) is 5.58. The molecule has 4 atom stereocenters. The molecule has 0 unspecified atom stereocenters. The molecule has 1 aliphatic carbocycles. The number of primary amides is 1.